The third-order valence-electron chi connectivity index (χ3n) is 5.52. The van der Waals surface area contributed by atoms with Crippen LogP contribution in [0.25, 0.3) is 0 Å². The number of esters is 1. The smallest absolute Gasteiger partial charge is 0.338 e. The van der Waals surface area contributed by atoms with Crippen LogP contribution in [-0.2, 0) is 20.9 Å². The molecule has 2 aromatic carbocycles. The first-order valence-corrected chi connectivity index (χ1v) is 12.9. The van der Waals surface area contributed by atoms with E-state index in [0.717, 1.165) is 17.7 Å². The second-order valence-corrected chi connectivity index (χ2v) is 8.70. The second-order valence-electron chi connectivity index (χ2n) is 8.70. The minimum Gasteiger partial charge on any atom is -0.494 e. The minimum absolute atomic E-state index is 0.0770. The lowest BCUT2D eigenvalue weighted by Gasteiger charge is -2.09. The summed E-state index contributed by atoms with van der Waals surface area (Å²) in [5.74, 6) is 0.807. The van der Waals surface area contributed by atoms with Crippen LogP contribution in [0.3, 0.4) is 0 Å². The highest BCUT2D eigenvalue weighted by molar-refractivity contribution is 5.89. The summed E-state index contributed by atoms with van der Waals surface area (Å²) in [7, 11) is 0. The monoisotopic (exact) mass is 496 g/mol. The SMILES string of the molecule is C=CCOC(=O)c1cccc(COCC(=O)COc2ccc(OCCCCCCCCCC)cc2)c1. The van der Waals surface area contributed by atoms with E-state index in [1.807, 2.05) is 18.2 Å². The van der Waals surface area contributed by atoms with Crippen LogP contribution in [0.5, 0.6) is 11.5 Å². The quantitative estimate of drug-likeness (QED) is 0.115. The summed E-state index contributed by atoms with van der Waals surface area (Å²) >= 11 is 0. The molecule has 0 bridgehead atoms. The Kier molecular flexibility index (Phi) is 14.7. The summed E-state index contributed by atoms with van der Waals surface area (Å²) in [6.07, 6.45) is 11.7. The molecule has 0 aromatic heterocycles. The van der Waals surface area contributed by atoms with Crippen LogP contribution in [0.15, 0.2) is 61.2 Å². The standard InChI is InChI=1S/C30H40O6/c1-3-5-6-7-8-9-10-11-20-34-28-15-17-29(18-16-28)36-24-27(31)23-33-22-25-13-12-14-26(21-25)30(32)35-19-4-2/h4,12-18,21H,2-3,5-11,19-20,22-24H2,1H3. The predicted octanol–water partition coefficient (Wildman–Crippen LogP) is 6.71. The van der Waals surface area contributed by atoms with Crippen LogP contribution in [0.4, 0.5) is 0 Å². The van der Waals surface area contributed by atoms with E-state index >= 15 is 0 Å². The molecule has 0 atom stereocenters. The number of Topliss-reactive ketones (excluding diaryl/α,β-unsaturated/α-hetero) is 1. The lowest BCUT2D eigenvalue weighted by molar-refractivity contribution is -0.126. The Labute approximate surface area is 215 Å². The molecule has 0 fully saturated rings. The number of carbonyl (C=O) groups excluding carboxylic acids is 2. The molecule has 36 heavy (non-hydrogen) atoms. The summed E-state index contributed by atoms with van der Waals surface area (Å²) in [6, 6.07) is 14.2. The molecule has 196 valence electrons. The molecule has 0 aliphatic rings. The first-order chi connectivity index (χ1) is 17.6. The van der Waals surface area contributed by atoms with Crippen LogP contribution in [0, 0.1) is 0 Å². The van der Waals surface area contributed by atoms with Crippen LogP contribution in [0.1, 0.15) is 74.2 Å². The van der Waals surface area contributed by atoms with Crippen molar-refractivity contribution < 1.29 is 28.5 Å². The Balaban J connectivity index is 1.58. The maximum Gasteiger partial charge on any atom is 0.338 e. The highest BCUT2D eigenvalue weighted by Crippen LogP contribution is 2.18. The van der Waals surface area contributed by atoms with E-state index < -0.39 is 5.97 Å². The van der Waals surface area contributed by atoms with E-state index in [0.29, 0.717) is 17.9 Å². The maximum atomic E-state index is 12.1. The number of hydrogen-bond acceptors (Lipinski definition) is 6. The Morgan fingerprint density at radius 1 is 0.833 bits per heavy atom. The van der Waals surface area contributed by atoms with Gasteiger partial charge in [-0.1, -0.05) is 76.7 Å². The summed E-state index contributed by atoms with van der Waals surface area (Å²) < 4.78 is 21.9. The van der Waals surface area contributed by atoms with Gasteiger partial charge in [-0.3, -0.25) is 4.79 Å². The van der Waals surface area contributed by atoms with Crippen molar-refractivity contribution in [1.82, 2.24) is 0 Å². The molecule has 0 aliphatic carbocycles. The molecule has 0 saturated carbocycles. The number of benzene rings is 2. The zero-order valence-corrected chi connectivity index (χ0v) is 21.5. The predicted molar refractivity (Wildman–Crippen MR) is 142 cm³/mol. The summed E-state index contributed by atoms with van der Waals surface area (Å²) in [4.78, 5) is 24.0. The number of ether oxygens (including phenoxy) is 4. The summed E-state index contributed by atoms with van der Waals surface area (Å²) in [5, 5.41) is 0. The molecule has 2 rings (SSSR count). The van der Waals surface area contributed by atoms with E-state index in [4.69, 9.17) is 18.9 Å². The third kappa shape index (κ3) is 12.5. The van der Waals surface area contributed by atoms with Gasteiger partial charge >= 0.3 is 5.97 Å². The highest BCUT2D eigenvalue weighted by atomic mass is 16.5. The number of ketones is 1. The molecule has 6 nitrogen and oxygen atoms in total. The van der Waals surface area contributed by atoms with E-state index in [2.05, 4.69) is 13.5 Å². The van der Waals surface area contributed by atoms with Crippen LogP contribution in [-0.4, -0.2) is 38.2 Å². The van der Waals surface area contributed by atoms with Gasteiger partial charge in [0.2, 0.25) is 0 Å². The molecular weight excluding hydrogens is 456 g/mol. The van der Waals surface area contributed by atoms with Gasteiger partial charge in [0.1, 0.15) is 31.3 Å². The van der Waals surface area contributed by atoms with Crippen molar-refractivity contribution in [2.45, 2.75) is 64.9 Å². The van der Waals surface area contributed by atoms with Gasteiger partial charge in [0.15, 0.2) is 5.78 Å². The van der Waals surface area contributed by atoms with Gasteiger partial charge in [-0.15, -0.1) is 0 Å². The first-order valence-electron chi connectivity index (χ1n) is 12.9. The van der Waals surface area contributed by atoms with Gasteiger partial charge in [-0.25, -0.2) is 4.79 Å². The average molecular weight is 497 g/mol. The van der Waals surface area contributed by atoms with E-state index in [-0.39, 0.29) is 32.2 Å². The van der Waals surface area contributed by atoms with Crippen molar-refractivity contribution >= 4 is 11.8 Å². The molecule has 0 amide bonds. The van der Waals surface area contributed by atoms with E-state index in [1.165, 1.54) is 51.0 Å². The van der Waals surface area contributed by atoms with Gasteiger partial charge in [0, 0.05) is 0 Å². The molecule has 6 heteroatoms. The van der Waals surface area contributed by atoms with Crippen molar-refractivity contribution in [3.8, 4) is 11.5 Å². The number of rotatable bonds is 20. The van der Waals surface area contributed by atoms with Crippen LogP contribution in [0.2, 0.25) is 0 Å². The minimum atomic E-state index is -0.425. The van der Waals surface area contributed by atoms with E-state index in [9.17, 15) is 9.59 Å². The Morgan fingerprint density at radius 2 is 1.50 bits per heavy atom. The van der Waals surface area contributed by atoms with Gasteiger partial charge in [0.05, 0.1) is 18.8 Å². The van der Waals surface area contributed by atoms with Gasteiger partial charge in [0.25, 0.3) is 0 Å². The Hall–Kier alpha value is -3.12. The van der Waals surface area contributed by atoms with Gasteiger partial charge < -0.3 is 18.9 Å². The van der Waals surface area contributed by atoms with Crippen molar-refractivity contribution in [2.24, 2.45) is 0 Å². The summed E-state index contributed by atoms with van der Waals surface area (Å²) in [6.45, 7) is 6.68. The number of hydrogen-bond donors (Lipinski definition) is 0. The average Bonchev–Trinajstić information content (AvgIpc) is 2.90. The molecule has 0 heterocycles. The molecule has 0 aliphatic heterocycles. The highest BCUT2D eigenvalue weighted by Gasteiger charge is 2.08. The third-order valence-corrected chi connectivity index (χ3v) is 5.52. The fraction of sp³-hybridized carbons (Fsp3) is 0.467. The molecule has 0 spiro atoms. The lowest BCUT2D eigenvalue weighted by atomic mass is 10.1. The summed E-state index contributed by atoms with van der Waals surface area (Å²) in [5.41, 5.74) is 1.21. The Morgan fingerprint density at radius 3 is 2.19 bits per heavy atom. The zero-order chi connectivity index (χ0) is 25.8. The molecule has 2 aromatic rings. The molecule has 0 saturated heterocycles. The topological polar surface area (TPSA) is 71.1 Å². The molecular formula is C30H40O6. The first kappa shape index (κ1) is 29.1. The zero-order valence-electron chi connectivity index (χ0n) is 21.5. The fourth-order valence-corrected chi connectivity index (χ4v) is 3.55. The lowest BCUT2D eigenvalue weighted by Crippen LogP contribution is -2.17. The molecule has 0 N–H and O–H groups in total. The van der Waals surface area contributed by atoms with Crippen molar-refractivity contribution in [1.29, 1.82) is 0 Å². The van der Waals surface area contributed by atoms with Crippen molar-refractivity contribution in [2.75, 3.05) is 26.4 Å². The maximum absolute atomic E-state index is 12.1. The van der Waals surface area contributed by atoms with E-state index in [1.54, 1.807) is 30.3 Å². The van der Waals surface area contributed by atoms with Crippen molar-refractivity contribution in [3.05, 3.63) is 72.3 Å². The Bertz CT molecular complexity index is 906. The van der Waals surface area contributed by atoms with Crippen molar-refractivity contribution in [3.63, 3.8) is 0 Å². The van der Waals surface area contributed by atoms with Gasteiger partial charge in [-0.05, 0) is 48.4 Å². The normalized spacial score (nSPS) is 10.6. The largest absolute Gasteiger partial charge is 0.494 e. The second kappa shape index (κ2) is 18.2. The number of unbranched alkanes of at least 4 members (excludes halogenated alkanes) is 7. The van der Waals surface area contributed by atoms with Gasteiger partial charge in [-0.2, -0.15) is 0 Å². The van der Waals surface area contributed by atoms with Crippen LogP contribution >= 0.6 is 0 Å². The van der Waals surface area contributed by atoms with Crippen LogP contribution < -0.4 is 9.47 Å². The number of carbonyl (C=O) groups is 2. The fourth-order valence-electron chi connectivity index (χ4n) is 3.55. The molecule has 0 unspecified atom stereocenters. The molecule has 0 radical (unpaired) electrons.